The Morgan fingerprint density at radius 2 is 1.80 bits per heavy atom. The number of aromatic nitrogens is 4. The normalized spacial score (nSPS) is 16.1. The second-order valence-corrected chi connectivity index (χ2v) is 6.31. The van der Waals surface area contributed by atoms with Crippen LogP contribution in [0.5, 0.6) is 0 Å². The van der Waals surface area contributed by atoms with Gasteiger partial charge >= 0.3 is 0 Å². The molecular weight excluding hydrogens is 316 g/mol. The van der Waals surface area contributed by atoms with Crippen LogP contribution in [0.25, 0.3) is 22.8 Å². The molecule has 0 amide bonds. The maximum atomic E-state index is 5.69. The van der Waals surface area contributed by atoms with E-state index in [2.05, 4.69) is 21.7 Å². The quantitative estimate of drug-likeness (QED) is 0.797. The zero-order valence-electron chi connectivity index (χ0n) is 14.5. The molecule has 3 aromatic rings. The number of aryl methyl sites for hydroxylation is 2. The molecule has 25 heavy (non-hydrogen) atoms. The van der Waals surface area contributed by atoms with Crippen LogP contribution in [0, 0.1) is 13.8 Å². The summed E-state index contributed by atoms with van der Waals surface area (Å²) in [6.45, 7) is 6.52. The molecule has 4 rings (SSSR count). The average Bonchev–Trinajstić information content (AvgIpc) is 3.09. The minimum Gasteiger partial charge on any atom is -0.377 e. The number of nitrogens with one attached hydrogen (secondary N) is 1. The van der Waals surface area contributed by atoms with E-state index in [0.29, 0.717) is 26.4 Å². The lowest BCUT2D eigenvalue weighted by Crippen LogP contribution is -2.18. The highest BCUT2D eigenvalue weighted by Gasteiger charge is 2.24. The van der Waals surface area contributed by atoms with Crippen molar-refractivity contribution in [3.8, 4) is 22.8 Å². The van der Waals surface area contributed by atoms with Crippen LogP contribution in [0.1, 0.15) is 17.4 Å². The van der Waals surface area contributed by atoms with Crippen molar-refractivity contribution in [1.82, 2.24) is 19.5 Å². The van der Waals surface area contributed by atoms with Crippen molar-refractivity contribution in [1.29, 1.82) is 0 Å². The SMILES string of the molecule is Cc1nc(-c2c(-c3ccccc3)ncn2C2COCCOC2)[nH]c1C. The third-order valence-corrected chi connectivity index (χ3v) is 4.58. The Morgan fingerprint density at radius 3 is 2.44 bits per heavy atom. The van der Waals surface area contributed by atoms with Crippen LogP contribution in [0.4, 0.5) is 0 Å². The Balaban J connectivity index is 1.85. The summed E-state index contributed by atoms with van der Waals surface area (Å²) in [7, 11) is 0. The fourth-order valence-corrected chi connectivity index (χ4v) is 3.10. The Kier molecular flexibility index (Phi) is 4.38. The van der Waals surface area contributed by atoms with Crippen molar-refractivity contribution in [2.75, 3.05) is 26.4 Å². The lowest BCUT2D eigenvalue weighted by molar-refractivity contribution is 0.103. The molecule has 1 aliphatic rings. The molecular formula is C19H22N4O2. The van der Waals surface area contributed by atoms with Gasteiger partial charge in [0, 0.05) is 11.3 Å². The molecule has 1 aromatic carbocycles. The Morgan fingerprint density at radius 1 is 1.08 bits per heavy atom. The van der Waals surface area contributed by atoms with Gasteiger partial charge in [-0.3, -0.25) is 0 Å². The standard InChI is InChI=1S/C19H22N4O2/c1-13-14(2)22-19(21-13)18-17(15-6-4-3-5-7-15)20-12-23(18)16-10-24-8-9-25-11-16/h3-7,12,16H,8-11H2,1-2H3,(H,21,22). The number of ether oxygens (including phenoxy) is 2. The molecule has 0 spiro atoms. The average molecular weight is 338 g/mol. The zero-order valence-corrected chi connectivity index (χ0v) is 14.5. The Labute approximate surface area is 146 Å². The summed E-state index contributed by atoms with van der Waals surface area (Å²) in [6.07, 6.45) is 1.87. The van der Waals surface area contributed by atoms with E-state index in [4.69, 9.17) is 19.4 Å². The maximum Gasteiger partial charge on any atom is 0.156 e. The minimum absolute atomic E-state index is 0.0770. The molecule has 6 heteroatoms. The van der Waals surface area contributed by atoms with E-state index in [1.54, 1.807) is 0 Å². The van der Waals surface area contributed by atoms with Crippen LogP contribution in [-0.4, -0.2) is 45.9 Å². The van der Waals surface area contributed by atoms with E-state index in [-0.39, 0.29) is 6.04 Å². The van der Waals surface area contributed by atoms with E-state index in [1.165, 1.54) is 0 Å². The van der Waals surface area contributed by atoms with Crippen molar-refractivity contribution in [3.05, 3.63) is 48.0 Å². The Bertz CT molecular complexity index is 826. The molecule has 6 nitrogen and oxygen atoms in total. The second kappa shape index (κ2) is 6.82. The molecule has 0 bridgehead atoms. The monoisotopic (exact) mass is 338 g/mol. The summed E-state index contributed by atoms with van der Waals surface area (Å²) in [5.41, 5.74) is 5.02. The van der Waals surface area contributed by atoms with E-state index in [0.717, 1.165) is 34.2 Å². The molecule has 0 atom stereocenters. The molecule has 1 saturated heterocycles. The molecule has 0 radical (unpaired) electrons. The molecule has 0 unspecified atom stereocenters. The fraction of sp³-hybridized carbons (Fsp3) is 0.368. The van der Waals surface area contributed by atoms with Crippen LogP contribution in [0.2, 0.25) is 0 Å². The van der Waals surface area contributed by atoms with Crippen molar-refractivity contribution in [2.45, 2.75) is 19.9 Å². The van der Waals surface area contributed by atoms with Gasteiger partial charge in [0.15, 0.2) is 5.82 Å². The number of H-pyrrole nitrogens is 1. The van der Waals surface area contributed by atoms with Crippen LogP contribution in [-0.2, 0) is 9.47 Å². The minimum atomic E-state index is 0.0770. The van der Waals surface area contributed by atoms with Gasteiger partial charge in [0.1, 0.15) is 5.69 Å². The van der Waals surface area contributed by atoms with Crippen molar-refractivity contribution < 1.29 is 9.47 Å². The van der Waals surface area contributed by atoms with Gasteiger partial charge in [-0.2, -0.15) is 0 Å². The number of benzene rings is 1. The van der Waals surface area contributed by atoms with Gasteiger partial charge in [0.2, 0.25) is 0 Å². The van der Waals surface area contributed by atoms with Gasteiger partial charge < -0.3 is 19.0 Å². The van der Waals surface area contributed by atoms with Gasteiger partial charge in [0.05, 0.1) is 50.2 Å². The summed E-state index contributed by atoms with van der Waals surface area (Å²) < 4.78 is 13.5. The molecule has 1 fully saturated rings. The first-order valence-corrected chi connectivity index (χ1v) is 8.55. The maximum absolute atomic E-state index is 5.69. The summed E-state index contributed by atoms with van der Waals surface area (Å²) in [4.78, 5) is 12.8. The van der Waals surface area contributed by atoms with Gasteiger partial charge in [-0.05, 0) is 13.8 Å². The summed E-state index contributed by atoms with van der Waals surface area (Å²) in [6, 6.07) is 10.3. The molecule has 1 N–H and O–H groups in total. The highest BCUT2D eigenvalue weighted by Crippen LogP contribution is 2.32. The zero-order chi connectivity index (χ0) is 17.2. The fourth-order valence-electron chi connectivity index (χ4n) is 3.10. The summed E-state index contributed by atoms with van der Waals surface area (Å²) in [5, 5.41) is 0. The van der Waals surface area contributed by atoms with Gasteiger partial charge in [-0.15, -0.1) is 0 Å². The molecule has 3 heterocycles. The second-order valence-electron chi connectivity index (χ2n) is 6.31. The van der Waals surface area contributed by atoms with Gasteiger partial charge in [0.25, 0.3) is 0 Å². The van der Waals surface area contributed by atoms with Crippen molar-refractivity contribution in [2.24, 2.45) is 0 Å². The number of nitrogens with zero attached hydrogens (tertiary/aromatic N) is 3. The van der Waals surface area contributed by atoms with E-state index < -0.39 is 0 Å². The topological polar surface area (TPSA) is 65.0 Å². The van der Waals surface area contributed by atoms with Gasteiger partial charge in [-0.25, -0.2) is 9.97 Å². The smallest absolute Gasteiger partial charge is 0.156 e. The number of aromatic amines is 1. The first-order valence-electron chi connectivity index (χ1n) is 8.55. The molecule has 1 aliphatic heterocycles. The lowest BCUT2D eigenvalue weighted by Gasteiger charge is -2.18. The first kappa shape index (κ1) is 16.1. The Hall–Kier alpha value is -2.44. The molecule has 0 aliphatic carbocycles. The number of hydrogen-bond acceptors (Lipinski definition) is 4. The highest BCUT2D eigenvalue weighted by molar-refractivity contribution is 5.75. The first-order chi connectivity index (χ1) is 12.2. The molecule has 2 aromatic heterocycles. The van der Waals surface area contributed by atoms with Gasteiger partial charge in [-0.1, -0.05) is 30.3 Å². The number of rotatable bonds is 3. The van der Waals surface area contributed by atoms with Crippen molar-refractivity contribution >= 4 is 0 Å². The van der Waals surface area contributed by atoms with Crippen LogP contribution < -0.4 is 0 Å². The molecule has 130 valence electrons. The molecule has 0 saturated carbocycles. The third kappa shape index (κ3) is 3.10. The van der Waals surface area contributed by atoms with Crippen LogP contribution in [0.3, 0.4) is 0 Å². The largest absolute Gasteiger partial charge is 0.377 e. The number of imidazole rings is 2. The van der Waals surface area contributed by atoms with Crippen molar-refractivity contribution in [3.63, 3.8) is 0 Å². The van der Waals surface area contributed by atoms with Crippen LogP contribution >= 0.6 is 0 Å². The summed E-state index contributed by atoms with van der Waals surface area (Å²) in [5.74, 6) is 0.829. The van der Waals surface area contributed by atoms with E-state index in [9.17, 15) is 0 Å². The van der Waals surface area contributed by atoms with Crippen LogP contribution in [0.15, 0.2) is 36.7 Å². The van der Waals surface area contributed by atoms with E-state index >= 15 is 0 Å². The predicted molar refractivity (Wildman–Crippen MR) is 95.4 cm³/mol. The third-order valence-electron chi connectivity index (χ3n) is 4.58. The number of hydrogen-bond donors (Lipinski definition) is 1. The highest BCUT2D eigenvalue weighted by atomic mass is 16.5. The van der Waals surface area contributed by atoms with E-state index in [1.807, 2.05) is 38.4 Å². The predicted octanol–water partition coefficient (Wildman–Crippen LogP) is 3.14. The lowest BCUT2D eigenvalue weighted by atomic mass is 10.1. The summed E-state index contributed by atoms with van der Waals surface area (Å²) >= 11 is 0.